The molecule has 0 radical (unpaired) electrons. The van der Waals surface area contributed by atoms with Crippen molar-refractivity contribution in [2.75, 3.05) is 52.9 Å². The van der Waals surface area contributed by atoms with Crippen LogP contribution in [0.1, 0.15) is 114 Å². The summed E-state index contributed by atoms with van der Waals surface area (Å²) in [7, 11) is 9.02. The van der Waals surface area contributed by atoms with Crippen LogP contribution in [0.15, 0.2) is 59.6 Å². The zero-order chi connectivity index (χ0) is 55.9. The van der Waals surface area contributed by atoms with Gasteiger partial charge in [0.05, 0.1) is 44.2 Å². The molecule has 0 saturated carbocycles. The number of rotatable bonds is 26. The quantitative estimate of drug-likeness (QED) is 0.0177. The van der Waals surface area contributed by atoms with Gasteiger partial charge in [0.25, 0.3) is 0 Å². The maximum absolute atomic E-state index is 11.5. The molecule has 74 heavy (non-hydrogen) atoms. The minimum Gasteiger partial charge on any atom is -0.400 e. The monoisotopic (exact) mass is 1100 g/mol. The number of aryl methyl sites for hydroxylation is 3. The molecular weight excluding hydrogens is 1020 g/mol. The van der Waals surface area contributed by atoms with Crippen LogP contribution in [-0.4, -0.2) is 127 Å². The van der Waals surface area contributed by atoms with Crippen LogP contribution < -0.4 is 27.1 Å². The van der Waals surface area contributed by atoms with Gasteiger partial charge in [0.2, 0.25) is 18.2 Å². The molecule has 2 aromatic carbocycles. The maximum Gasteiger partial charge on any atom is 0.234 e. The lowest BCUT2D eigenvalue weighted by Gasteiger charge is -2.21. The van der Waals surface area contributed by atoms with E-state index in [1.807, 2.05) is 32.0 Å². The molecule has 2 aromatic heterocycles. The minimum absolute atomic E-state index is 0.0254. The van der Waals surface area contributed by atoms with Crippen LogP contribution in [-0.2, 0) is 41.7 Å². The molecule has 3 heterocycles. The lowest BCUT2D eigenvalue weighted by molar-refractivity contribution is -0.127. The Bertz CT molecular complexity index is 2020. The standard InChI is InChI=1S/C16H22N2S.C12H14N2S.C12H21NO3S2.C11H20N2O2.CH3NO.2CH4O/c1-13-16(19-12-18-13)15-9-7-14(8-10-15)6-4-3-5-11-17-2;1-9-12(15-8-14-9)11-5-3-10(4-6-11)7-13-2;1-10(2)4-5-12(16)13-11(8-15)9-18-17-7-3-6-14;1-9(2)5-6-11(15)12-13-7-3-4-10(13)8-14;2-1-3;2*1-2/h7-10,12,17H,3-6,11H2,1-2H3;3-6,8,13H,7H2,1-2H3;6,8,10-11H,3-5,7,9H2,1-2H3,(H,13,16);8-10H,3-7H2,1-2H3,(H,12,15);1H,(H2,2,3);2*2H,1H3. The summed E-state index contributed by atoms with van der Waals surface area (Å²) in [5, 5.41) is 24.8. The third-order valence-electron chi connectivity index (χ3n) is 10.5. The molecule has 1 aliphatic heterocycles. The minimum atomic E-state index is -0.432. The van der Waals surface area contributed by atoms with E-state index in [4.69, 9.17) is 15.0 Å². The number of nitrogens with zero attached hydrogens (tertiary/aromatic N) is 3. The molecule has 3 amide bonds. The van der Waals surface area contributed by atoms with E-state index >= 15 is 0 Å². The van der Waals surface area contributed by atoms with Crippen molar-refractivity contribution >= 4 is 81.3 Å². The summed E-state index contributed by atoms with van der Waals surface area (Å²) >= 11 is 3.41. The average Bonchev–Trinajstić information content (AvgIpc) is 4.18. The lowest BCUT2D eigenvalue weighted by atomic mass is 10.0. The summed E-state index contributed by atoms with van der Waals surface area (Å²) in [6, 6.07) is 17.0. The number of nitrogens with one attached hydrogen (secondary N) is 4. The van der Waals surface area contributed by atoms with Gasteiger partial charge in [-0.3, -0.25) is 19.8 Å². The number of thiazole rings is 2. The molecule has 1 fully saturated rings. The Morgan fingerprint density at radius 2 is 1.30 bits per heavy atom. The molecule has 0 aliphatic carbocycles. The molecule has 2 unspecified atom stereocenters. The van der Waals surface area contributed by atoms with Gasteiger partial charge in [-0.25, -0.2) is 15.0 Å². The summed E-state index contributed by atoms with van der Waals surface area (Å²) in [4.78, 5) is 74.3. The van der Waals surface area contributed by atoms with Crippen molar-refractivity contribution in [3.8, 4) is 20.9 Å². The summed E-state index contributed by atoms with van der Waals surface area (Å²) in [5.41, 5.74) is 18.3. The van der Waals surface area contributed by atoms with Gasteiger partial charge in [0.1, 0.15) is 18.9 Å². The fourth-order valence-corrected chi connectivity index (χ4v) is 10.3. The van der Waals surface area contributed by atoms with Crippen LogP contribution in [0.5, 0.6) is 0 Å². The first-order chi connectivity index (χ1) is 35.8. The zero-order valence-electron chi connectivity index (χ0n) is 45.6. The molecule has 4 aromatic rings. The van der Waals surface area contributed by atoms with Gasteiger partial charge in [-0.05, 0) is 114 Å². The fourth-order valence-electron chi connectivity index (χ4n) is 6.57. The maximum atomic E-state index is 11.5. The number of aldehydes is 3. The Kier molecular flexibility index (Phi) is 46.8. The predicted octanol–water partition coefficient (Wildman–Crippen LogP) is 8.40. The Morgan fingerprint density at radius 3 is 1.74 bits per heavy atom. The molecule has 2 atom stereocenters. The average molecular weight is 1110 g/mol. The van der Waals surface area contributed by atoms with E-state index in [0.29, 0.717) is 36.9 Å². The topological polar surface area (TPSA) is 246 Å². The predicted molar refractivity (Wildman–Crippen MR) is 311 cm³/mol. The summed E-state index contributed by atoms with van der Waals surface area (Å²) in [5.74, 6) is 2.26. The largest absolute Gasteiger partial charge is 0.400 e. The Balaban J connectivity index is 0. The molecule has 0 bridgehead atoms. The van der Waals surface area contributed by atoms with E-state index in [1.165, 1.54) is 68.5 Å². The highest BCUT2D eigenvalue weighted by Crippen LogP contribution is 2.28. The number of hydrazine groups is 1. The molecule has 5 rings (SSSR count). The first-order valence-electron chi connectivity index (χ1n) is 25.0. The summed E-state index contributed by atoms with van der Waals surface area (Å²) in [6.07, 6.45) is 12.9. The van der Waals surface area contributed by atoms with Crippen molar-refractivity contribution in [2.45, 2.75) is 131 Å². The number of hydrogen-bond donors (Lipinski definition) is 7. The zero-order valence-corrected chi connectivity index (χ0v) is 48.9. The van der Waals surface area contributed by atoms with Gasteiger partial charge in [-0.2, -0.15) is 0 Å². The second-order valence-corrected chi connectivity index (χ2v) is 21.7. The van der Waals surface area contributed by atoms with Crippen LogP contribution in [0.3, 0.4) is 0 Å². The van der Waals surface area contributed by atoms with Crippen LogP contribution >= 0.6 is 44.3 Å². The van der Waals surface area contributed by atoms with Crippen molar-refractivity contribution in [3.63, 3.8) is 0 Å². The van der Waals surface area contributed by atoms with Crippen LogP contribution in [0.25, 0.3) is 20.9 Å². The van der Waals surface area contributed by atoms with E-state index in [9.17, 15) is 24.0 Å². The third kappa shape index (κ3) is 35.0. The summed E-state index contributed by atoms with van der Waals surface area (Å²) in [6.45, 7) is 15.3. The Morgan fingerprint density at radius 1 is 0.770 bits per heavy atom. The molecule has 20 heteroatoms. The van der Waals surface area contributed by atoms with Crippen molar-refractivity contribution in [3.05, 3.63) is 82.1 Å². The van der Waals surface area contributed by atoms with Crippen LogP contribution in [0, 0.1) is 25.7 Å². The smallest absolute Gasteiger partial charge is 0.234 e. The van der Waals surface area contributed by atoms with E-state index < -0.39 is 6.04 Å². The van der Waals surface area contributed by atoms with E-state index in [1.54, 1.807) is 38.5 Å². The van der Waals surface area contributed by atoms with E-state index in [-0.39, 0.29) is 24.3 Å². The van der Waals surface area contributed by atoms with Gasteiger partial charge in [0.15, 0.2) is 0 Å². The van der Waals surface area contributed by atoms with E-state index in [2.05, 4.69) is 120 Å². The molecule has 8 N–H and O–H groups in total. The Hall–Kier alpha value is -4.38. The molecule has 0 spiro atoms. The highest BCUT2D eigenvalue weighted by atomic mass is 33.1. The number of unbranched alkanes of at least 4 members (excludes halogenated alkanes) is 2. The third-order valence-corrected chi connectivity index (χ3v) is 14.9. The number of carbonyl (C=O) groups excluding carboxylic acids is 6. The number of benzene rings is 2. The van der Waals surface area contributed by atoms with Crippen LogP contribution in [0.4, 0.5) is 0 Å². The molecule has 1 saturated heterocycles. The fraction of sp³-hybridized carbons (Fsp3) is 0.556. The number of nitrogens with two attached hydrogens (primary N) is 1. The lowest BCUT2D eigenvalue weighted by Crippen LogP contribution is -2.45. The highest BCUT2D eigenvalue weighted by Gasteiger charge is 2.25. The van der Waals surface area contributed by atoms with Crippen LogP contribution in [0.2, 0.25) is 0 Å². The number of aliphatic hydroxyl groups excluding tert-OH is 2. The first-order valence-corrected chi connectivity index (χ1v) is 29.3. The van der Waals surface area contributed by atoms with E-state index in [0.717, 1.165) is 95.5 Å². The van der Waals surface area contributed by atoms with Crippen molar-refractivity contribution in [2.24, 2.45) is 17.6 Å². The van der Waals surface area contributed by atoms with Crippen molar-refractivity contribution < 1.29 is 39.0 Å². The molecule has 16 nitrogen and oxygen atoms in total. The molecule has 416 valence electrons. The summed E-state index contributed by atoms with van der Waals surface area (Å²) < 4.78 is 0. The SMILES string of the molecule is CC(C)CCC(=O)NC(C=O)CSSCCC=O.CC(C)CCC(=O)NN1CCCC1C=O.CNCCCCCc1ccc(-c2scnc2C)cc1.CNCc1ccc(-c2scnc2C)cc1.CO.CO.NC=O. The normalized spacial score (nSPS) is 12.6. The van der Waals surface area contributed by atoms with Gasteiger partial charge in [-0.1, -0.05) is 104 Å². The second kappa shape index (κ2) is 48.3. The number of carbonyl (C=O) groups is 6. The van der Waals surface area contributed by atoms with Gasteiger partial charge in [0, 0.05) is 58.1 Å². The number of aliphatic hydroxyl groups is 2. The van der Waals surface area contributed by atoms with Gasteiger partial charge in [-0.15, -0.1) is 22.7 Å². The Labute approximate surface area is 458 Å². The van der Waals surface area contributed by atoms with Gasteiger partial charge < -0.3 is 46.3 Å². The van der Waals surface area contributed by atoms with Crippen molar-refractivity contribution in [1.82, 2.24) is 36.4 Å². The molecule has 1 aliphatic rings. The number of amides is 3. The van der Waals surface area contributed by atoms with Gasteiger partial charge >= 0.3 is 0 Å². The molecular formula is C54H88N8O8S4. The number of aromatic nitrogens is 2. The van der Waals surface area contributed by atoms with Crippen molar-refractivity contribution in [1.29, 1.82) is 0 Å². The second-order valence-electron chi connectivity index (χ2n) is 17.3. The highest BCUT2D eigenvalue weighted by molar-refractivity contribution is 8.76. The number of hydrogen-bond acceptors (Lipinski definition) is 17. The number of primary amides is 1. The first kappa shape index (κ1) is 71.7.